The molecule has 3 atom stereocenters. The van der Waals surface area contributed by atoms with E-state index in [1.54, 1.807) is 6.20 Å². The zero-order chi connectivity index (χ0) is 14.7. The van der Waals surface area contributed by atoms with Gasteiger partial charge in [0.2, 0.25) is 5.88 Å². The van der Waals surface area contributed by atoms with E-state index < -0.39 is 0 Å². The maximum absolute atomic E-state index is 5.83. The van der Waals surface area contributed by atoms with Crippen LogP contribution >= 0.6 is 0 Å². The number of aromatic nitrogens is 1. The lowest BCUT2D eigenvalue weighted by atomic mass is 9.93. The van der Waals surface area contributed by atoms with Gasteiger partial charge in [-0.25, -0.2) is 4.98 Å². The van der Waals surface area contributed by atoms with E-state index in [4.69, 9.17) is 4.74 Å². The summed E-state index contributed by atoms with van der Waals surface area (Å²) < 4.78 is 5.83. The van der Waals surface area contributed by atoms with Gasteiger partial charge in [-0.3, -0.25) is 0 Å². The summed E-state index contributed by atoms with van der Waals surface area (Å²) in [6, 6.07) is 5.30. The van der Waals surface area contributed by atoms with Crippen molar-refractivity contribution in [2.24, 2.45) is 5.92 Å². The molecule has 0 radical (unpaired) electrons. The van der Waals surface area contributed by atoms with Gasteiger partial charge in [0.25, 0.3) is 0 Å². The molecule has 2 fully saturated rings. The molecular weight excluding hydrogens is 262 g/mol. The Labute approximate surface area is 127 Å². The van der Waals surface area contributed by atoms with E-state index in [9.17, 15) is 0 Å². The molecule has 4 nitrogen and oxygen atoms in total. The minimum absolute atomic E-state index is 0.149. The lowest BCUT2D eigenvalue weighted by Crippen LogP contribution is -2.38. The van der Waals surface area contributed by atoms with E-state index in [2.05, 4.69) is 21.7 Å². The summed E-state index contributed by atoms with van der Waals surface area (Å²) >= 11 is 0. The molecule has 1 aliphatic carbocycles. The Balaban J connectivity index is 1.70. The van der Waals surface area contributed by atoms with Crippen molar-refractivity contribution in [2.75, 3.05) is 11.9 Å². The summed E-state index contributed by atoms with van der Waals surface area (Å²) in [6.45, 7) is 5.26. The van der Waals surface area contributed by atoms with Crippen molar-refractivity contribution in [1.82, 2.24) is 10.3 Å². The highest BCUT2D eigenvalue weighted by atomic mass is 16.5. The SMILES string of the molecule is CC(C)Oc1ncccc1NC1CCCC1C1CCCN1. The summed E-state index contributed by atoms with van der Waals surface area (Å²) in [5, 5.41) is 7.39. The van der Waals surface area contributed by atoms with E-state index in [1.807, 2.05) is 19.9 Å². The van der Waals surface area contributed by atoms with Crippen molar-refractivity contribution < 1.29 is 4.74 Å². The highest BCUT2D eigenvalue weighted by molar-refractivity contribution is 5.53. The monoisotopic (exact) mass is 289 g/mol. The van der Waals surface area contributed by atoms with Gasteiger partial charge in [-0.05, 0) is 64.1 Å². The largest absolute Gasteiger partial charge is 0.473 e. The number of pyridine rings is 1. The summed E-state index contributed by atoms with van der Waals surface area (Å²) in [5.74, 6) is 1.47. The molecule has 116 valence electrons. The average Bonchev–Trinajstić information content (AvgIpc) is 3.10. The summed E-state index contributed by atoms with van der Waals surface area (Å²) in [5.41, 5.74) is 1.04. The Kier molecular flexibility index (Phi) is 4.63. The summed E-state index contributed by atoms with van der Waals surface area (Å²) in [7, 11) is 0. The normalized spacial score (nSPS) is 29.0. The zero-order valence-electron chi connectivity index (χ0n) is 13.1. The Morgan fingerprint density at radius 2 is 2.19 bits per heavy atom. The predicted molar refractivity (Wildman–Crippen MR) is 85.8 cm³/mol. The molecule has 0 bridgehead atoms. The topological polar surface area (TPSA) is 46.2 Å². The van der Waals surface area contributed by atoms with Crippen LogP contribution in [0, 0.1) is 5.92 Å². The molecule has 3 rings (SSSR count). The van der Waals surface area contributed by atoms with Gasteiger partial charge >= 0.3 is 0 Å². The molecule has 1 saturated carbocycles. The average molecular weight is 289 g/mol. The third-order valence-corrected chi connectivity index (χ3v) is 4.64. The molecule has 21 heavy (non-hydrogen) atoms. The Morgan fingerprint density at radius 3 is 2.95 bits per heavy atom. The van der Waals surface area contributed by atoms with Crippen molar-refractivity contribution in [2.45, 2.75) is 64.1 Å². The Morgan fingerprint density at radius 1 is 1.29 bits per heavy atom. The van der Waals surface area contributed by atoms with Gasteiger partial charge in [0.05, 0.1) is 11.8 Å². The van der Waals surface area contributed by atoms with Crippen LogP contribution in [0.25, 0.3) is 0 Å². The molecule has 2 N–H and O–H groups in total. The van der Waals surface area contributed by atoms with Crippen LogP contribution in [0.15, 0.2) is 18.3 Å². The van der Waals surface area contributed by atoms with Crippen LogP contribution in [0.4, 0.5) is 5.69 Å². The molecule has 4 heteroatoms. The van der Waals surface area contributed by atoms with Crippen molar-refractivity contribution in [3.63, 3.8) is 0 Å². The number of ether oxygens (including phenoxy) is 1. The van der Waals surface area contributed by atoms with Crippen molar-refractivity contribution >= 4 is 5.69 Å². The Hall–Kier alpha value is -1.29. The predicted octanol–water partition coefficient (Wildman–Crippen LogP) is 3.20. The highest BCUT2D eigenvalue weighted by Crippen LogP contribution is 2.35. The molecular formula is C17H27N3O. The van der Waals surface area contributed by atoms with Crippen molar-refractivity contribution in [3.05, 3.63) is 18.3 Å². The van der Waals surface area contributed by atoms with Crippen LogP contribution in [0.5, 0.6) is 5.88 Å². The molecule has 0 spiro atoms. The molecule has 1 saturated heterocycles. The second-order valence-corrected chi connectivity index (χ2v) is 6.57. The van der Waals surface area contributed by atoms with E-state index >= 15 is 0 Å². The van der Waals surface area contributed by atoms with Gasteiger partial charge in [0.15, 0.2) is 0 Å². The maximum atomic E-state index is 5.83. The van der Waals surface area contributed by atoms with Crippen LogP contribution in [0.3, 0.4) is 0 Å². The third kappa shape index (κ3) is 3.49. The van der Waals surface area contributed by atoms with Gasteiger partial charge in [-0.2, -0.15) is 0 Å². The molecule has 1 aromatic rings. The van der Waals surface area contributed by atoms with Gasteiger partial charge in [-0.15, -0.1) is 0 Å². The first-order valence-electron chi connectivity index (χ1n) is 8.35. The number of hydrogen-bond donors (Lipinski definition) is 2. The molecule has 1 aromatic heterocycles. The molecule has 3 unspecified atom stereocenters. The quantitative estimate of drug-likeness (QED) is 0.874. The van der Waals surface area contributed by atoms with Crippen molar-refractivity contribution in [3.8, 4) is 5.88 Å². The minimum Gasteiger partial charge on any atom is -0.473 e. The number of rotatable bonds is 5. The second-order valence-electron chi connectivity index (χ2n) is 6.57. The first kappa shape index (κ1) is 14.6. The van der Waals surface area contributed by atoms with Crippen molar-refractivity contribution in [1.29, 1.82) is 0 Å². The van der Waals surface area contributed by atoms with E-state index in [-0.39, 0.29) is 6.10 Å². The van der Waals surface area contributed by atoms with Crippen LogP contribution in [0.2, 0.25) is 0 Å². The number of nitrogens with one attached hydrogen (secondary N) is 2. The van der Waals surface area contributed by atoms with E-state index in [0.717, 1.165) is 17.5 Å². The Bertz CT molecular complexity index is 457. The van der Waals surface area contributed by atoms with Gasteiger partial charge < -0.3 is 15.4 Å². The zero-order valence-corrected chi connectivity index (χ0v) is 13.1. The fourth-order valence-electron chi connectivity index (χ4n) is 3.74. The number of anilines is 1. The number of nitrogens with zero attached hydrogens (tertiary/aromatic N) is 1. The molecule has 2 aliphatic rings. The first-order chi connectivity index (χ1) is 10.2. The summed E-state index contributed by atoms with van der Waals surface area (Å²) in [6.07, 6.45) is 8.49. The maximum Gasteiger partial charge on any atom is 0.237 e. The van der Waals surface area contributed by atoms with Crippen LogP contribution in [0.1, 0.15) is 46.0 Å². The molecule has 0 amide bonds. The fraction of sp³-hybridized carbons (Fsp3) is 0.706. The smallest absolute Gasteiger partial charge is 0.237 e. The van der Waals surface area contributed by atoms with E-state index in [0.29, 0.717) is 12.1 Å². The van der Waals surface area contributed by atoms with Crippen LogP contribution < -0.4 is 15.4 Å². The standard InChI is InChI=1S/C17H27N3O/c1-12(2)21-17-16(9-5-11-19-17)20-15-7-3-6-13(15)14-8-4-10-18-14/h5,9,11-15,18,20H,3-4,6-8,10H2,1-2H3. The van der Waals surface area contributed by atoms with E-state index in [1.165, 1.54) is 38.6 Å². The molecule has 0 aromatic carbocycles. The molecule has 1 aliphatic heterocycles. The van der Waals surface area contributed by atoms with Crippen LogP contribution in [-0.2, 0) is 0 Å². The lowest BCUT2D eigenvalue weighted by molar-refractivity contribution is 0.233. The number of hydrogen-bond acceptors (Lipinski definition) is 4. The summed E-state index contributed by atoms with van der Waals surface area (Å²) in [4.78, 5) is 4.38. The fourth-order valence-corrected chi connectivity index (χ4v) is 3.74. The van der Waals surface area contributed by atoms with Gasteiger partial charge in [0, 0.05) is 18.3 Å². The lowest BCUT2D eigenvalue weighted by Gasteiger charge is -2.28. The highest BCUT2D eigenvalue weighted by Gasteiger charge is 2.35. The third-order valence-electron chi connectivity index (χ3n) is 4.64. The molecule has 2 heterocycles. The second kappa shape index (κ2) is 6.65. The minimum atomic E-state index is 0.149. The first-order valence-corrected chi connectivity index (χ1v) is 8.35. The van der Waals surface area contributed by atoms with Crippen LogP contribution in [-0.4, -0.2) is 29.7 Å². The van der Waals surface area contributed by atoms with Gasteiger partial charge in [0.1, 0.15) is 0 Å². The van der Waals surface area contributed by atoms with Gasteiger partial charge in [-0.1, -0.05) is 6.42 Å².